The van der Waals surface area contributed by atoms with Gasteiger partial charge in [-0.05, 0) is 98.8 Å². The summed E-state index contributed by atoms with van der Waals surface area (Å²) in [6.07, 6.45) is 13.7. The molecule has 3 heterocycles. The number of hydrogen-bond acceptors (Lipinski definition) is 5. The van der Waals surface area contributed by atoms with Crippen LogP contribution >= 0.6 is 0 Å². The second kappa shape index (κ2) is 10.5. The van der Waals surface area contributed by atoms with Crippen molar-refractivity contribution < 1.29 is 14.3 Å². The first-order valence-corrected chi connectivity index (χ1v) is 17.1. The fraction of sp³-hybridized carbons (Fsp3) is 0.912. The molecule has 7 rings (SSSR count). The average molecular weight is 569 g/mol. The van der Waals surface area contributed by atoms with Crippen molar-refractivity contribution in [2.75, 3.05) is 46.5 Å². The molecule has 6 fully saturated rings. The fourth-order valence-electron chi connectivity index (χ4n) is 11.2. The maximum atomic E-state index is 12.8. The van der Waals surface area contributed by atoms with Crippen LogP contribution in [0.25, 0.3) is 0 Å². The topological polar surface area (TPSA) is 66.1 Å². The number of urea groups is 1. The van der Waals surface area contributed by atoms with E-state index in [1.807, 2.05) is 0 Å². The number of amides is 2. The highest BCUT2D eigenvalue weighted by Crippen LogP contribution is 2.70. The van der Waals surface area contributed by atoms with Gasteiger partial charge in [0.25, 0.3) is 0 Å². The van der Waals surface area contributed by atoms with Gasteiger partial charge in [-0.1, -0.05) is 39.3 Å². The van der Waals surface area contributed by atoms with Crippen molar-refractivity contribution in [3.63, 3.8) is 0 Å². The third kappa shape index (κ3) is 4.71. The van der Waals surface area contributed by atoms with Gasteiger partial charge >= 0.3 is 6.03 Å². The molecule has 0 radical (unpaired) electrons. The Morgan fingerprint density at radius 1 is 1.05 bits per heavy atom. The number of fused-ring (bicyclic) bond motifs is 7. The van der Waals surface area contributed by atoms with Crippen molar-refractivity contribution in [3.8, 4) is 0 Å². The van der Waals surface area contributed by atoms with Crippen molar-refractivity contribution in [1.29, 1.82) is 0 Å². The Morgan fingerprint density at radius 2 is 1.85 bits per heavy atom. The molecule has 2 amide bonds. The molecule has 3 saturated carbocycles. The third-order valence-electron chi connectivity index (χ3n) is 13.8. The maximum Gasteiger partial charge on any atom is 0.316 e. The normalized spacial score (nSPS) is 49.9. The smallest absolute Gasteiger partial charge is 0.316 e. The summed E-state index contributed by atoms with van der Waals surface area (Å²) in [5, 5.41) is 6.47. The summed E-state index contributed by atoms with van der Waals surface area (Å²) < 4.78 is 13.5. The number of hydrogen-bond donors (Lipinski definition) is 2. The van der Waals surface area contributed by atoms with E-state index in [0.29, 0.717) is 35.9 Å². The van der Waals surface area contributed by atoms with E-state index in [1.54, 1.807) is 5.57 Å². The van der Waals surface area contributed by atoms with Crippen molar-refractivity contribution in [3.05, 3.63) is 11.6 Å². The minimum atomic E-state index is -0.319. The molecule has 0 aromatic carbocycles. The maximum absolute atomic E-state index is 12.8. The highest BCUT2D eigenvalue weighted by atomic mass is 16.7. The first-order chi connectivity index (χ1) is 19.6. The number of rotatable bonds is 3. The Morgan fingerprint density at radius 3 is 2.61 bits per heavy atom. The van der Waals surface area contributed by atoms with Crippen LogP contribution in [0.1, 0.15) is 85.5 Å². The molecule has 3 saturated heterocycles. The van der Waals surface area contributed by atoms with Gasteiger partial charge in [-0.15, -0.1) is 0 Å². The summed E-state index contributed by atoms with van der Waals surface area (Å²) in [5.41, 5.74) is 2.28. The number of carbonyl (C=O) groups is 1. The van der Waals surface area contributed by atoms with E-state index in [-0.39, 0.29) is 23.3 Å². The predicted molar refractivity (Wildman–Crippen MR) is 161 cm³/mol. The lowest BCUT2D eigenvalue weighted by Crippen LogP contribution is -2.54. The zero-order valence-electron chi connectivity index (χ0n) is 26.4. The summed E-state index contributed by atoms with van der Waals surface area (Å²) in [7, 11) is 2.16. The van der Waals surface area contributed by atoms with E-state index >= 15 is 0 Å². The molecule has 7 nitrogen and oxygen atoms in total. The number of allylic oxidation sites excluding steroid dienone is 1. The Balaban J connectivity index is 0.988. The molecule has 3 aliphatic heterocycles. The van der Waals surface area contributed by atoms with Gasteiger partial charge in [0.15, 0.2) is 5.79 Å². The highest BCUT2D eigenvalue weighted by molar-refractivity contribution is 5.74. The van der Waals surface area contributed by atoms with Crippen LogP contribution in [0.4, 0.5) is 4.79 Å². The lowest BCUT2D eigenvalue weighted by atomic mass is 9.46. The van der Waals surface area contributed by atoms with Gasteiger partial charge in [-0.2, -0.15) is 0 Å². The standard InChI is InChI=1S/C34H56N4O3/c1-22-8-13-34(40-20-22)23(2)30-29(41-34)19-28-26-7-6-24-18-25(9-11-32(24,3)27(26)10-12-33(28,30)4)36-31(39)35-21-38-16-14-37(5)15-17-38/h6,22-23,25-30H,7-21H2,1-5H3,(H2,35,36,39)/t22-,23+,25+,26-,27+,28+,29+,30+,32+,33+,34-/m1/s1. The summed E-state index contributed by atoms with van der Waals surface area (Å²) in [6, 6.07) is 0.253. The van der Waals surface area contributed by atoms with E-state index in [4.69, 9.17) is 9.47 Å². The summed E-state index contributed by atoms with van der Waals surface area (Å²) in [6.45, 7) is 15.7. The fourth-order valence-corrected chi connectivity index (χ4v) is 11.2. The Bertz CT molecular complexity index is 1030. The van der Waals surface area contributed by atoms with Gasteiger partial charge < -0.3 is 25.0 Å². The predicted octanol–water partition coefficient (Wildman–Crippen LogP) is 5.23. The number of nitrogens with one attached hydrogen (secondary N) is 2. The molecule has 11 atom stereocenters. The van der Waals surface area contributed by atoms with Gasteiger partial charge in [-0.25, -0.2) is 4.79 Å². The average Bonchev–Trinajstić information content (AvgIpc) is 3.40. The van der Waals surface area contributed by atoms with E-state index in [0.717, 1.165) is 69.8 Å². The van der Waals surface area contributed by atoms with Crippen LogP contribution in [0, 0.1) is 46.3 Å². The molecule has 2 N–H and O–H groups in total. The largest absolute Gasteiger partial charge is 0.349 e. The molecule has 7 aliphatic rings. The van der Waals surface area contributed by atoms with Crippen LogP contribution in [0.3, 0.4) is 0 Å². The molecule has 0 aromatic rings. The van der Waals surface area contributed by atoms with Gasteiger partial charge in [0.1, 0.15) is 0 Å². The van der Waals surface area contributed by atoms with E-state index in [1.165, 1.54) is 38.5 Å². The molecule has 41 heavy (non-hydrogen) atoms. The minimum absolute atomic E-state index is 0.000963. The molecular formula is C34H56N4O3. The molecule has 0 aromatic heterocycles. The molecule has 230 valence electrons. The van der Waals surface area contributed by atoms with Crippen molar-refractivity contribution in [1.82, 2.24) is 20.4 Å². The van der Waals surface area contributed by atoms with Gasteiger partial charge in [0.2, 0.25) is 0 Å². The van der Waals surface area contributed by atoms with E-state index in [9.17, 15) is 4.79 Å². The number of likely N-dealkylation sites (N-methyl/N-ethyl adjacent to an activating group) is 1. The lowest BCUT2D eigenvalue weighted by molar-refractivity contribution is -0.272. The molecule has 4 aliphatic carbocycles. The molecule has 1 spiro atoms. The highest BCUT2D eigenvalue weighted by Gasteiger charge is 2.68. The van der Waals surface area contributed by atoms with Crippen molar-refractivity contribution >= 4 is 6.03 Å². The van der Waals surface area contributed by atoms with Crippen LogP contribution in [-0.4, -0.2) is 80.3 Å². The summed E-state index contributed by atoms with van der Waals surface area (Å²) in [4.78, 5) is 17.5. The molecule has 0 bridgehead atoms. The zero-order chi connectivity index (χ0) is 28.6. The second-order valence-electron chi connectivity index (χ2n) is 15.9. The Labute approximate surface area is 248 Å². The van der Waals surface area contributed by atoms with Crippen molar-refractivity contribution in [2.45, 2.75) is 103 Å². The number of piperazine rings is 1. The monoisotopic (exact) mass is 568 g/mol. The zero-order valence-corrected chi connectivity index (χ0v) is 26.4. The van der Waals surface area contributed by atoms with Gasteiger partial charge in [-0.3, -0.25) is 4.90 Å². The number of nitrogens with zero attached hydrogens (tertiary/aromatic N) is 2. The number of ether oxygens (including phenoxy) is 2. The molecule has 0 unspecified atom stereocenters. The van der Waals surface area contributed by atoms with Crippen LogP contribution in [0.5, 0.6) is 0 Å². The first kappa shape index (κ1) is 28.6. The van der Waals surface area contributed by atoms with Crippen LogP contribution in [-0.2, 0) is 9.47 Å². The quantitative estimate of drug-likeness (QED) is 0.457. The molecular weight excluding hydrogens is 512 g/mol. The Hall–Kier alpha value is -1.15. The summed E-state index contributed by atoms with van der Waals surface area (Å²) >= 11 is 0. The van der Waals surface area contributed by atoms with E-state index < -0.39 is 0 Å². The summed E-state index contributed by atoms with van der Waals surface area (Å²) in [5.74, 6) is 3.74. The van der Waals surface area contributed by atoms with Crippen LogP contribution in [0.15, 0.2) is 11.6 Å². The molecule has 7 heteroatoms. The van der Waals surface area contributed by atoms with Gasteiger partial charge in [0, 0.05) is 44.6 Å². The third-order valence-corrected chi connectivity index (χ3v) is 13.8. The van der Waals surface area contributed by atoms with Crippen LogP contribution < -0.4 is 10.6 Å². The van der Waals surface area contributed by atoms with E-state index in [2.05, 4.69) is 61.3 Å². The number of carbonyl (C=O) groups excluding carboxylic acids is 1. The second-order valence-corrected chi connectivity index (χ2v) is 15.9. The van der Waals surface area contributed by atoms with Gasteiger partial charge in [0.05, 0.1) is 19.4 Å². The SMILES string of the molecule is C[C@@H]1CC[C@@]2(OC1)O[C@H]1C[C@H]3[C@@H]4CC=C5C[C@@H](NC(=O)NCN6CCN(C)CC6)CC[C@]5(C)[C@H]4CC[C@]3(C)[C@H]1[C@@H]2C. The lowest BCUT2D eigenvalue weighted by Gasteiger charge is -2.58. The van der Waals surface area contributed by atoms with Crippen LogP contribution in [0.2, 0.25) is 0 Å². The Kier molecular flexibility index (Phi) is 7.32. The minimum Gasteiger partial charge on any atom is -0.349 e. The van der Waals surface area contributed by atoms with Crippen molar-refractivity contribution in [2.24, 2.45) is 46.3 Å². The first-order valence-electron chi connectivity index (χ1n) is 17.1.